The van der Waals surface area contributed by atoms with E-state index in [-0.39, 0.29) is 17.7 Å². The van der Waals surface area contributed by atoms with Gasteiger partial charge in [0.05, 0.1) is 11.6 Å². The molecule has 5 rings (SSSR count). The Morgan fingerprint density at radius 1 is 1.00 bits per heavy atom. The summed E-state index contributed by atoms with van der Waals surface area (Å²) in [6.07, 6.45) is 0.429. The van der Waals surface area contributed by atoms with Gasteiger partial charge < -0.3 is 4.84 Å². The number of benzene rings is 3. The first-order chi connectivity index (χ1) is 15.6. The number of Topliss-reactive ketones (excluding diaryl/α,β-unsaturated/α-hetero) is 1. The summed E-state index contributed by atoms with van der Waals surface area (Å²) in [5.41, 5.74) is 2.90. The molecule has 2 heterocycles. The summed E-state index contributed by atoms with van der Waals surface area (Å²) in [4.78, 5) is 22.0. The lowest BCUT2D eigenvalue weighted by molar-refractivity contribution is -0.153. The number of nitrogens with zero attached hydrogens (tertiary/aromatic N) is 2. The fraction of sp³-hybridized carbons (Fsp3) is 0.259. The van der Waals surface area contributed by atoms with E-state index in [2.05, 4.69) is 41.2 Å². The Bertz CT molecular complexity index is 1130. The van der Waals surface area contributed by atoms with Gasteiger partial charge in [0.15, 0.2) is 5.78 Å². The van der Waals surface area contributed by atoms with E-state index in [9.17, 15) is 4.79 Å². The van der Waals surface area contributed by atoms with Gasteiger partial charge in [-0.1, -0.05) is 89.6 Å². The predicted octanol–water partition coefficient (Wildman–Crippen LogP) is 5.63. The summed E-state index contributed by atoms with van der Waals surface area (Å²) >= 11 is 6.17. The fourth-order valence-corrected chi connectivity index (χ4v) is 5.02. The maximum Gasteiger partial charge on any atom is 0.220 e. The van der Waals surface area contributed by atoms with Crippen molar-refractivity contribution in [3.63, 3.8) is 0 Å². The van der Waals surface area contributed by atoms with Crippen LogP contribution in [0.1, 0.15) is 42.0 Å². The SMILES string of the molecule is C[C@H](c1ccccc1)N1CCC(=O)C2(C1)ON=C(c1ccccc1)[C@H]2c1ccc(Cl)cc1. The van der Waals surface area contributed by atoms with E-state index in [1.54, 1.807) is 0 Å². The number of piperidine rings is 1. The molecule has 0 amide bonds. The number of hydrogen-bond donors (Lipinski definition) is 0. The van der Waals surface area contributed by atoms with Crippen molar-refractivity contribution in [2.45, 2.75) is 30.9 Å². The summed E-state index contributed by atoms with van der Waals surface area (Å²) in [5, 5.41) is 5.18. The Balaban J connectivity index is 1.56. The van der Waals surface area contributed by atoms with Crippen molar-refractivity contribution in [2.75, 3.05) is 13.1 Å². The van der Waals surface area contributed by atoms with Crippen LogP contribution in [0, 0.1) is 0 Å². The van der Waals surface area contributed by atoms with Crippen molar-refractivity contribution in [1.29, 1.82) is 0 Å². The highest BCUT2D eigenvalue weighted by atomic mass is 35.5. The van der Waals surface area contributed by atoms with Gasteiger partial charge >= 0.3 is 0 Å². The lowest BCUT2D eigenvalue weighted by Crippen LogP contribution is -2.58. The molecule has 1 saturated heterocycles. The van der Waals surface area contributed by atoms with Crippen LogP contribution < -0.4 is 0 Å². The average Bonchev–Trinajstić information content (AvgIpc) is 3.22. The Morgan fingerprint density at radius 3 is 2.34 bits per heavy atom. The molecular formula is C27H25ClN2O2. The molecule has 5 heteroatoms. The first-order valence-corrected chi connectivity index (χ1v) is 11.4. The second kappa shape index (κ2) is 8.53. The molecule has 0 radical (unpaired) electrons. The van der Waals surface area contributed by atoms with Crippen LogP contribution in [0.15, 0.2) is 90.1 Å². The molecule has 32 heavy (non-hydrogen) atoms. The molecule has 0 aromatic heterocycles. The van der Waals surface area contributed by atoms with Crippen LogP contribution in [0.25, 0.3) is 0 Å². The number of halogens is 1. The van der Waals surface area contributed by atoms with Crippen LogP contribution in [-0.2, 0) is 9.63 Å². The Morgan fingerprint density at radius 2 is 1.66 bits per heavy atom. The van der Waals surface area contributed by atoms with E-state index in [1.165, 1.54) is 5.56 Å². The third-order valence-corrected chi connectivity index (χ3v) is 6.94. The first kappa shape index (κ1) is 20.9. The van der Waals surface area contributed by atoms with E-state index in [4.69, 9.17) is 16.4 Å². The highest BCUT2D eigenvalue weighted by molar-refractivity contribution is 6.30. The van der Waals surface area contributed by atoms with E-state index in [1.807, 2.05) is 60.7 Å². The minimum absolute atomic E-state index is 0.101. The summed E-state index contributed by atoms with van der Waals surface area (Å²) < 4.78 is 0. The van der Waals surface area contributed by atoms with E-state index in [0.29, 0.717) is 24.5 Å². The van der Waals surface area contributed by atoms with Gasteiger partial charge in [-0.15, -0.1) is 0 Å². The third kappa shape index (κ3) is 3.64. The largest absolute Gasteiger partial charge is 0.378 e. The highest BCUT2D eigenvalue weighted by Gasteiger charge is 2.58. The average molecular weight is 445 g/mol. The van der Waals surface area contributed by atoms with Crippen molar-refractivity contribution in [3.05, 3.63) is 107 Å². The topological polar surface area (TPSA) is 41.9 Å². The quantitative estimate of drug-likeness (QED) is 0.523. The monoisotopic (exact) mass is 444 g/mol. The predicted molar refractivity (Wildman–Crippen MR) is 127 cm³/mol. The van der Waals surface area contributed by atoms with Gasteiger partial charge in [0.1, 0.15) is 0 Å². The second-order valence-corrected chi connectivity index (χ2v) is 8.97. The molecule has 2 aliphatic rings. The molecule has 1 spiro atoms. The van der Waals surface area contributed by atoms with Gasteiger partial charge in [-0.3, -0.25) is 9.69 Å². The van der Waals surface area contributed by atoms with Gasteiger partial charge in [0, 0.05) is 36.1 Å². The fourth-order valence-electron chi connectivity index (χ4n) is 4.90. The Kier molecular flexibility index (Phi) is 5.58. The van der Waals surface area contributed by atoms with E-state index >= 15 is 0 Å². The number of hydrogen-bond acceptors (Lipinski definition) is 4. The van der Waals surface area contributed by atoms with Gasteiger partial charge in [-0.25, -0.2) is 0 Å². The Labute approximate surface area is 193 Å². The van der Waals surface area contributed by atoms with Gasteiger partial charge in [0.25, 0.3) is 0 Å². The lowest BCUT2D eigenvalue weighted by Gasteiger charge is -2.43. The number of rotatable bonds is 4. The molecule has 0 bridgehead atoms. The molecule has 0 N–H and O–H groups in total. The van der Waals surface area contributed by atoms with Crippen molar-refractivity contribution in [3.8, 4) is 0 Å². The summed E-state index contributed by atoms with van der Waals surface area (Å²) in [6.45, 7) is 3.37. The Hall–Kier alpha value is -2.95. The first-order valence-electron chi connectivity index (χ1n) is 11.0. The molecule has 3 aromatic rings. The zero-order valence-corrected chi connectivity index (χ0v) is 18.7. The maximum atomic E-state index is 13.5. The van der Waals surface area contributed by atoms with Crippen LogP contribution in [0.5, 0.6) is 0 Å². The normalized spacial score (nSPS) is 24.2. The molecule has 3 aromatic carbocycles. The molecule has 1 unspecified atom stereocenters. The number of carbonyl (C=O) groups is 1. The molecule has 1 fully saturated rings. The van der Waals surface area contributed by atoms with E-state index < -0.39 is 5.60 Å². The van der Waals surface area contributed by atoms with E-state index in [0.717, 1.165) is 16.8 Å². The maximum absolute atomic E-state index is 13.5. The third-order valence-electron chi connectivity index (χ3n) is 6.69. The van der Waals surface area contributed by atoms with Crippen molar-refractivity contribution in [1.82, 2.24) is 4.90 Å². The van der Waals surface area contributed by atoms with Gasteiger partial charge in [0.2, 0.25) is 5.60 Å². The van der Waals surface area contributed by atoms with Crippen LogP contribution in [-0.4, -0.2) is 35.1 Å². The number of ketones is 1. The molecule has 2 aliphatic heterocycles. The van der Waals surface area contributed by atoms with Crippen LogP contribution in [0.3, 0.4) is 0 Å². The highest BCUT2D eigenvalue weighted by Crippen LogP contribution is 2.45. The second-order valence-electron chi connectivity index (χ2n) is 8.54. The summed E-state index contributed by atoms with van der Waals surface area (Å²) in [6, 6.07) is 28.2. The zero-order chi connectivity index (χ0) is 22.1. The van der Waals surface area contributed by atoms with Crippen LogP contribution in [0.2, 0.25) is 5.02 Å². The zero-order valence-electron chi connectivity index (χ0n) is 17.9. The van der Waals surface area contributed by atoms with Crippen molar-refractivity contribution < 1.29 is 9.63 Å². The molecule has 0 saturated carbocycles. The molecule has 3 atom stereocenters. The van der Waals surface area contributed by atoms with Crippen molar-refractivity contribution in [2.24, 2.45) is 5.16 Å². The van der Waals surface area contributed by atoms with Crippen LogP contribution in [0.4, 0.5) is 0 Å². The molecule has 4 nitrogen and oxygen atoms in total. The number of likely N-dealkylation sites (tertiary alicyclic amines) is 1. The van der Waals surface area contributed by atoms with Gasteiger partial charge in [-0.2, -0.15) is 0 Å². The number of carbonyl (C=O) groups excluding carboxylic acids is 1. The smallest absolute Gasteiger partial charge is 0.220 e. The van der Waals surface area contributed by atoms with Gasteiger partial charge in [-0.05, 0) is 30.2 Å². The lowest BCUT2D eigenvalue weighted by atomic mass is 9.72. The minimum atomic E-state index is -1.06. The number of oxime groups is 1. The summed E-state index contributed by atoms with van der Waals surface area (Å²) in [7, 11) is 0. The minimum Gasteiger partial charge on any atom is -0.378 e. The summed E-state index contributed by atoms with van der Waals surface area (Å²) in [5.74, 6) is -0.205. The van der Waals surface area contributed by atoms with Crippen LogP contribution >= 0.6 is 11.6 Å². The molecule has 0 aliphatic carbocycles. The standard InChI is InChI=1S/C27H25ClN2O2/c1-19(20-8-4-2-5-9-20)30-17-16-24(31)27(18-30)25(21-12-14-23(28)15-13-21)26(29-32-27)22-10-6-3-7-11-22/h2-15,19,25H,16-18H2,1H3/t19-,25-,27?/m1/s1. The van der Waals surface area contributed by atoms with Crippen molar-refractivity contribution >= 4 is 23.1 Å². The molecular weight excluding hydrogens is 420 g/mol. The molecule has 162 valence electrons.